The minimum atomic E-state index is -0.689. The van der Waals surface area contributed by atoms with Crippen molar-refractivity contribution in [1.29, 1.82) is 0 Å². The van der Waals surface area contributed by atoms with Gasteiger partial charge < -0.3 is 20.3 Å². The van der Waals surface area contributed by atoms with E-state index in [2.05, 4.69) is 10.6 Å². The third kappa shape index (κ3) is 5.49. The smallest absolute Gasteiger partial charge is 0.263 e. The highest BCUT2D eigenvalue weighted by Gasteiger charge is 2.32. The van der Waals surface area contributed by atoms with E-state index in [1.807, 2.05) is 36.9 Å². The van der Waals surface area contributed by atoms with Gasteiger partial charge in [-0.05, 0) is 42.7 Å². The molecule has 0 radical (unpaired) electrons. The van der Waals surface area contributed by atoms with Crippen LogP contribution in [0.1, 0.15) is 32.3 Å². The number of nitrogens with one attached hydrogen (secondary N) is 2. The minimum absolute atomic E-state index is 0.0936. The second kappa shape index (κ2) is 10.1. The SMILES string of the molecule is CCC(CC)NC(=O)C1CN(CC(=O)NCc2ccc(F)cc2)c2ccccc2O1. The quantitative estimate of drug-likeness (QED) is 0.698. The normalized spacial score (nSPS) is 15.3. The highest BCUT2D eigenvalue weighted by molar-refractivity contribution is 5.86. The second-order valence-electron chi connectivity index (χ2n) is 7.38. The molecule has 2 amide bonds. The van der Waals surface area contributed by atoms with Crippen LogP contribution in [0.4, 0.5) is 10.1 Å². The number of carbonyl (C=O) groups excluding carboxylic acids is 2. The number of hydrogen-bond acceptors (Lipinski definition) is 4. The maximum absolute atomic E-state index is 13.0. The van der Waals surface area contributed by atoms with Crippen molar-refractivity contribution in [3.8, 4) is 5.75 Å². The molecule has 1 heterocycles. The molecule has 0 fully saturated rings. The van der Waals surface area contributed by atoms with E-state index < -0.39 is 6.10 Å². The maximum atomic E-state index is 13.0. The van der Waals surface area contributed by atoms with Crippen molar-refractivity contribution in [2.24, 2.45) is 0 Å². The Labute approximate surface area is 176 Å². The molecular formula is C23H28FN3O3. The molecule has 3 rings (SSSR count). The first kappa shape index (κ1) is 21.6. The molecule has 0 saturated heterocycles. The summed E-state index contributed by atoms with van der Waals surface area (Å²) >= 11 is 0. The van der Waals surface area contributed by atoms with E-state index in [4.69, 9.17) is 4.74 Å². The van der Waals surface area contributed by atoms with Gasteiger partial charge in [-0.15, -0.1) is 0 Å². The van der Waals surface area contributed by atoms with Gasteiger partial charge in [-0.2, -0.15) is 0 Å². The molecule has 0 aromatic heterocycles. The third-order valence-electron chi connectivity index (χ3n) is 5.22. The Kier molecular flexibility index (Phi) is 7.27. The number of rotatable bonds is 8. The van der Waals surface area contributed by atoms with Crippen molar-refractivity contribution in [3.05, 3.63) is 59.9 Å². The summed E-state index contributed by atoms with van der Waals surface area (Å²) in [5.41, 5.74) is 1.59. The van der Waals surface area contributed by atoms with Crippen LogP contribution in [0.25, 0.3) is 0 Å². The van der Waals surface area contributed by atoms with Crippen molar-refractivity contribution in [1.82, 2.24) is 10.6 Å². The maximum Gasteiger partial charge on any atom is 0.263 e. The number of anilines is 1. The summed E-state index contributed by atoms with van der Waals surface area (Å²) in [6.07, 6.45) is 1.01. The summed E-state index contributed by atoms with van der Waals surface area (Å²) in [5.74, 6) is -0.0856. The van der Waals surface area contributed by atoms with Crippen LogP contribution in [0.15, 0.2) is 48.5 Å². The van der Waals surface area contributed by atoms with Gasteiger partial charge in [0.25, 0.3) is 5.91 Å². The van der Waals surface area contributed by atoms with Gasteiger partial charge in [0.05, 0.1) is 18.8 Å². The van der Waals surface area contributed by atoms with E-state index >= 15 is 0 Å². The number of fused-ring (bicyclic) bond motifs is 1. The predicted octanol–water partition coefficient (Wildman–Crippen LogP) is 3.01. The Hall–Kier alpha value is -3.09. The molecule has 0 saturated carbocycles. The van der Waals surface area contributed by atoms with Crippen molar-refractivity contribution >= 4 is 17.5 Å². The van der Waals surface area contributed by atoms with E-state index in [-0.39, 0.29) is 36.8 Å². The molecule has 2 aromatic carbocycles. The largest absolute Gasteiger partial charge is 0.477 e. The lowest BCUT2D eigenvalue weighted by Gasteiger charge is -2.35. The Morgan fingerprint density at radius 3 is 2.53 bits per heavy atom. The molecule has 7 heteroatoms. The minimum Gasteiger partial charge on any atom is -0.477 e. The van der Waals surface area contributed by atoms with Gasteiger partial charge in [0.15, 0.2) is 6.10 Å². The molecular weight excluding hydrogens is 385 g/mol. The van der Waals surface area contributed by atoms with Gasteiger partial charge in [-0.3, -0.25) is 9.59 Å². The summed E-state index contributed by atoms with van der Waals surface area (Å²) in [5, 5.41) is 5.87. The number of halogens is 1. The summed E-state index contributed by atoms with van der Waals surface area (Å²) in [6.45, 7) is 4.75. The fraction of sp³-hybridized carbons (Fsp3) is 0.391. The number of benzene rings is 2. The lowest BCUT2D eigenvalue weighted by atomic mass is 10.1. The fourth-order valence-corrected chi connectivity index (χ4v) is 3.41. The molecule has 1 aliphatic heterocycles. The van der Waals surface area contributed by atoms with Crippen LogP contribution in [0.2, 0.25) is 0 Å². The number of hydrogen-bond donors (Lipinski definition) is 2. The predicted molar refractivity (Wildman–Crippen MR) is 114 cm³/mol. The molecule has 1 atom stereocenters. The van der Waals surface area contributed by atoms with E-state index in [1.165, 1.54) is 12.1 Å². The third-order valence-corrected chi connectivity index (χ3v) is 5.22. The Morgan fingerprint density at radius 1 is 1.13 bits per heavy atom. The zero-order chi connectivity index (χ0) is 21.5. The Morgan fingerprint density at radius 2 is 1.83 bits per heavy atom. The molecule has 1 unspecified atom stereocenters. The first-order valence-electron chi connectivity index (χ1n) is 10.3. The number of ether oxygens (including phenoxy) is 1. The standard InChI is InChI=1S/C23H28FN3O3/c1-3-18(4-2)26-23(29)21-14-27(19-7-5-6-8-20(19)30-21)15-22(28)25-13-16-9-11-17(24)12-10-16/h5-12,18,21H,3-4,13-15H2,1-2H3,(H,25,28)(H,26,29). The molecule has 2 N–H and O–H groups in total. The molecule has 2 aromatic rings. The van der Waals surface area contributed by atoms with Crippen molar-refractivity contribution in [3.63, 3.8) is 0 Å². The van der Waals surface area contributed by atoms with Crippen molar-refractivity contribution in [2.75, 3.05) is 18.0 Å². The van der Waals surface area contributed by atoms with Crippen LogP contribution in [-0.4, -0.2) is 37.0 Å². The van der Waals surface area contributed by atoms with Crippen LogP contribution in [0.3, 0.4) is 0 Å². The summed E-state index contributed by atoms with van der Waals surface area (Å²) in [4.78, 5) is 27.1. The first-order valence-corrected chi connectivity index (χ1v) is 10.3. The van der Waals surface area contributed by atoms with E-state index in [0.29, 0.717) is 12.3 Å². The molecule has 1 aliphatic rings. The van der Waals surface area contributed by atoms with Crippen LogP contribution in [-0.2, 0) is 16.1 Å². The van der Waals surface area contributed by atoms with Gasteiger partial charge in [-0.1, -0.05) is 38.1 Å². The number of carbonyl (C=O) groups is 2. The zero-order valence-electron chi connectivity index (χ0n) is 17.4. The van der Waals surface area contributed by atoms with Crippen LogP contribution in [0, 0.1) is 5.82 Å². The average molecular weight is 413 g/mol. The molecule has 0 bridgehead atoms. The average Bonchev–Trinajstić information content (AvgIpc) is 2.76. The summed E-state index contributed by atoms with van der Waals surface area (Å²) in [7, 11) is 0. The monoisotopic (exact) mass is 413 g/mol. The summed E-state index contributed by atoms with van der Waals surface area (Å²) < 4.78 is 18.9. The topological polar surface area (TPSA) is 70.7 Å². The zero-order valence-corrected chi connectivity index (χ0v) is 17.4. The lowest BCUT2D eigenvalue weighted by Crippen LogP contribution is -2.52. The van der Waals surface area contributed by atoms with Gasteiger partial charge in [0.2, 0.25) is 5.91 Å². The second-order valence-corrected chi connectivity index (χ2v) is 7.38. The van der Waals surface area contributed by atoms with Gasteiger partial charge in [0, 0.05) is 12.6 Å². The van der Waals surface area contributed by atoms with Crippen LogP contribution in [0.5, 0.6) is 5.75 Å². The lowest BCUT2D eigenvalue weighted by molar-refractivity contribution is -0.129. The molecule has 0 aliphatic carbocycles. The number of para-hydroxylation sites is 2. The fourth-order valence-electron chi connectivity index (χ4n) is 3.41. The number of nitrogens with zero attached hydrogens (tertiary/aromatic N) is 1. The molecule has 0 spiro atoms. The Balaban J connectivity index is 1.65. The van der Waals surface area contributed by atoms with E-state index in [9.17, 15) is 14.0 Å². The molecule has 160 valence electrons. The molecule has 30 heavy (non-hydrogen) atoms. The van der Waals surface area contributed by atoms with Gasteiger partial charge in [0.1, 0.15) is 11.6 Å². The highest BCUT2D eigenvalue weighted by Crippen LogP contribution is 2.32. The van der Waals surface area contributed by atoms with Crippen LogP contribution < -0.4 is 20.3 Å². The highest BCUT2D eigenvalue weighted by atomic mass is 19.1. The number of amides is 2. The molecule has 6 nitrogen and oxygen atoms in total. The van der Waals surface area contributed by atoms with E-state index in [0.717, 1.165) is 24.1 Å². The van der Waals surface area contributed by atoms with Crippen molar-refractivity contribution in [2.45, 2.75) is 45.4 Å². The van der Waals surface area contributed by atoms with Crippen molar-refractivity contribution < 1.29 is 18.7 Å². The Bertz CT molecular complexity index is 868. The van der Waals surface area contributed by atoms with Gasteiger partial charge >= 0.3 is 0 Å². The van der Waals surface area contributed by atoms with Crippen LogP contribution >= 0.6 is 0 Å². The van der Waals surface area contributed by atoms with Gasteiger partial charge in [-0.25, -0.2) is 4.39 Å². The first-order chi connectivity index (χ1) is 14.5. The van der Waals surface area contributed by atoms with E-state index in [1.54, 1.807) is 18.2 Å². The summed E-state index contributed by atoms with van der Waals surface area (Å²) in [6, 6.07) is 13.5.